The van der Waals surface area contributed by atoms with E-state index in [9.17, 15) is 14.4 Å². The number of carboxylic acid groups (broad SMARTS) is 1. The molecule has 0 heterocycles. The Morgan fingerprint density at radius 1 is 1.18 bits per heavy atom. The molecule has 0 radical (unpaired) electrons. The van der Waals surface area contributed by atoms with Crippen LogP contribution in [0.15, 0.2) is 0 Å². The lowest BCUT2D eigenvalue weighted by Gasteiger charge is -2.22. The van der Waals surface area contributed by atoms with E-state index in [0.717, 1.165) is 0 Å². The second-order valence-electron chi connectivity index (χ2n) is 4.73. The van der Waals surface area contributed by atoms with Crippen molar-refractivity contribution in [3.63, 3.8) is 0 Å². The first-order valence-corrected chi connectivity index (χ1v) is 8.22. The van der Waals surface area contributed by atoms with E-state index in [2.05, 4.69) is 10.6 Å². The monoisotopic (exact) mass is 335 g/mol. The van der Waals surface area contributed by atoms with E-state index in [1.54, 1.807) is 0 Å². The Hall–Kier alpha value is -1.36. The molecule has 0 bridgehead atoms. The number of hydrogen-bond donors (Lipinski definition) is 6. The zero-order valence-electron chi connectivity index (χ0n) is 12.6. The van der Waals surface area contributed by atoms with Crippen molar-refractivity contribution in [3.8, 4) is 0 Å². The molecule has 0 unspecified atom stereocenters. The number of amides is 2. The smallest absolute Gasteiger partial charge is 0.321 e. The van der Waals surface area contributed by atoms with Gasteiger partial charge in [0, 0.05) is 13.1 Å². The van der Waals surface area contributed by atoms with E-state index in [0.29, 0.717) is 12.2 Å². The Balaban J connectivity index is 4.64. The fraction of sp³-hybridized carbons (Fsp3) is 0.750. The summed E-state index contributed by atoms with van der Waals surface area (Å²) in [6.07, 6.45) is 1.89. The van der Waals surface area contributed by atoms with E-state index in [4.69, 9.17) is 22.3 Å². The minimum absolute atomic E-state index is 0.190. The average Bonchev–Trinajstić information content (AvgIpc) is 2.48. The molecule has 0 aliphatic carbocycles. The summed E-state index contributed by atoms with van der Waals surface area (Å²) in [7, 11) is 0. The number of carboxylic acids is 1. The molecule has 10 heteroatoms. The van der Waals surface area contributed by atoms with Crippen LogP contribution in [0.1, 0.15) is 12.8 Å². The Bertz CT molecular complexity index is 379. The first-order chi connectivity index (χ1) is 10.3. The van der Waals surface area contributed by atoms with Gasteiger partial charge in [0.25, 0.3) is 0 Å². The summed E-state index contributed by atoms with van der Waals surface area (Å²) in [6.45, 7) is 0.380. The van der Waals surface area contributed by atoms with E-state index in [1.165, 1.54) is 11.8 Å². The van der Waals surface area contributed by atoms with Crippen LogP contribution >= 0.6 is 11.8 Å². The molecular formula is C12H25N5O4S. The number of thioether (sulfide) groups is 1. The predicted molar refractivity (Wildman–Crippen MR) is 85.2 cm³/mol. The third-order valence-electron chi connectivity index (χ3n) is 2.90. The standard InChI is InChI=1S/C12H25N5O4S/c1-22-3-2-9(11(19)16-7(5-13)6-14)17-10(18)4-8(15)12(20)21/h7-9H,2-6,13-15H2,1H3,(H,16,19)(H,17,18)(H,20,21)/t8-,9-/m0/s1. The van der Waals surface area contributed by atoms with Crippen molar-refractivity contribution >= 4 is 29.5 Å². The highest BCUT2D eigenvalue weighted by Crippen LogP contribution is 2.02. The van der Waals surface area contributed by atoms with Crippen LogP contribution in [0.2, 0.25) is 0 Å². The lowest BCUT2D eigenvalue weighted by atomic mass is 10.1. The van der Waals surface area contributed by atoms with Gasteiger partial charge in [-0.2, -0.15) is 11.8 Å². The van der Waals surface area contributed by atoms with Crippen LogP contribution in [0.25, 0.3) is 0 Å². The molecule has 0 saturated carbocycles. The van der Waals surface area contributed by atoms with Crippen molar-refractivity contribution in [2.45, 2.75) is 31.0 Å². The first-order valence-electron chi connectivity index (χ1n) is 6.82. The number of aliphatic carboxylic acids is 1. The summed E-state index contributed by atoms with van der Waals surface area (Å²) in [5.41, 5.74) is 16.2. The molecule has 0 spiro atoms. The van der Waals surface area contributed by atoms with Gasteiger partial charge < -0.3 is 32.9 Å². The Labute approximate surface area is 133 Å². The van der Waals surface area contributed by atoms with E-state index >= 15 is 0 Å². The molecule has 9 nitrogen and oxygen atoms in total. The lowest BCUT2D eigenvalue weighted by molar-refractivity contribution is -0.140. The van der Waals surface area contributed by atoms with Crippen LogP contribution in [0.3, 0.4) is 0 Å². The molecule has 0 aromatic heterocycles. The molecule has 2 amide bonds. The fourth-order valence-corrected chi connectivity index (χ4v) is 2.03. The molecule has 0 aromatic rings. The largest absolute Gasteiger partial charge is 0.480 e. The molecule has 128 valence electrons. The highest BCUT2D eigenvalue weighted by Gasteiger charge is 2.24. The summed E-state index contributed by atoms with van der Waals surface area (Å²) >= 11 is 1.52. The highest BCUT2D eigenvalue weighted by atomic mass is 32.2. The quantitative estimate of drug-likeness (QED) is 0.239. The molecule has 2 atom stereocenters. The van der Waals surface area contributed by atoms with Gasteiger partial charge in [0.2, 0.25) is 11.8 Å². The van der Waals surface area contributed by atoms with E-state index < -0.39 is 36.3 Å². The van der Waals surface area contributed by atoms with Gasteiger partial charge >= 0.3 is 5.97 Å². The van der Waals surface area contributed by atoms with Gasteiger partial charge in [0.15, 0.2) is 0 Å². The fourth-order valence-electron chi connectivity index (χ4n) is 1.56. The summed E-state index contributed by atoms with van der Waals surface area (Å²) in [5, 5.41) is 13.8. The number of nitrogens with one attached hydrogen (secondary N) is 2. The molecular weight excluding hydrogens is 310 g/mol. The van der Waals surface area contributed by atoms with Crippen molar-refractivity contribution in [1.29, 1.82) is 0 Å². The first kappa shape index (κ1) is 20.6. The normalized spacial score (nSPS) is 13.5. The van der Waals surface area contributed by atoms with Crippen LogP contribution in [-0.2, 0) is 14.4 Å². The number of carbonyl (C=O) groups excluding carboxylic acids is 2. The molecule has 0 saturated heterocycles. The molecule has 9 N–H and O–H groups in total. The molecule has 0 fully saturated rings. The molecule has 22 heavy (non-hydrogen) atoms. The van der Waals surface area contributed by atoms with Gasteiger partial charge in [-0.15, -0.1) is 0 Å². The van der Waals surface area contributed by atoms with Crippen LogP contribution in [0.4, 0.5) is 0 Å². The van der Waals surface area contributed by atoms with E-state index in [-0.39, 0.29) is 19.1 Å². The maximum absolute atomic E-state index is 12.1. The number of carbonyl (C=O) groups is 3. The highest BCUT2D eigenvalue weighted by molar-refractivity contribution is 7.98. The van der Waals surface area contributed by atoms with Gasteiger partial charge in [0.1, 0.15) is 12.1 Å². The molecule has 0 aromatic carbocycles. The van der Waals surface area contributed by atoms with Crippen molar-refractivity contribution in [2.24, 2.45) is 17.2 Å². The van der Waals surface area contributed by atoms with E-state index in [1.807, 2.05) is 6.26 Å². The minimum Gasteiger partial charge on any atom is -0.480 e. The van der Waals surface area contributed by atoms with Crippen LogP contribution in [0, 0.1) is 0 Å². The number of nitrogens with two attached hydrogens (primary N) is 3. The molecule has 0 aliphatic rings. The lowest BCUT2D eigenvalue weighted by Crippen LogP contribution is -2.54. The third-order valence-corrected chi connectivity index (χ3v) is 3.54. The maximum atomic E-state index is 12.1. The van der Waals surface area contributed by atoms with Crippen LogP contribution in [0.5, 0.6) is 0 Å². The number of rotatable bonds is 11. The second-order valence-corrected chi connectivity index (χ2v) is 5.71. The third kappa shape index (κ3) is 8.17. The molecule has 0 rings (SSSR count). The van der Waals surface area contributed by atoms with Gasteiger partial charge in [-0.25, -0.2) is 0 Å². The van der Waals surface area contributed by atoms with Gasteiger partial charge in [0.05, 0.1) is 12.5 Å². The van der Waals surface area contributed by atoms with Crippen LogP contribution < -0.4 is 27.8 Å². The Morgan fingerprint density at radius 3 is 2.23 bits per heavy atom. The minimum atomic E-state index is -1.30. The Morgan fingerprint density at radius 2 is 1.77 bits per heavy atom. The number of hydrogen-bond acceptors (Lipinski definition) is 7. The van der Waals surface area contributed by atoms with Gasteiger partial charge in [-0.3, -0.25) is 14.4 Å². The predicted octanol–water partition coefficient (Wildman–Crippen LogP) is -2.57. The van der Waals surface area contributed by atoms with Crippen LogP contribution in [-0.4, -0.2) is 66.1 Å². The summed E-state index contributed by atoms with van der Waals surface area (Å²) in [5.74, 6) is -1.61. The summed E-state index contributed by atoms with van der Waals surface area (Å²) in [6, 6.07) is -2.45. The van der Waals surface area contributed by atoms with Gasteiger partial charge in [-0.1, -0.05) is 0 Å². The summed E-state index contributed by atoms with van der Waals surface area (Å²) < 4.78 is 0. The zero-order chi connectivity index (χ0) is 17.1. The van der Waals surface area contributed by atoms with Gasteiger partial charge in [-0.05, 0) is 18.4 Å². The Kier molecular flexibility index (Phi) is 10.5. The zero-order valence-corrected chi connectivity index (χ0v) is 13.4. The maximum Gasteiger partial charge on any atom is 0.321 e. The van der Waals surface area contributed by atoms with Crippen molar-refractivity contribution in [3.05, 3.63) is 0 Å². The average molecular weight is 335 g/mol. The van der Waals surface area contributed by atoms with Crippen molar-refractivity contribution in [1.82, 2.24) is 10.6 Å². The topological polar surface area (TPSA) is 174 Å². The second kappa shape index (κ2) is 11.2. The SMILES string of the molecule is CSCC[C@H](NC(=O)C[C@H](N)C(=O)O)C(=O)NC(CN)CN. The summed E-state index contributed by atoms with van der Waals surface area (Å²) in [4.78, 5) is 34.5. The molecule has 0 aliphatic heterocycles. The van der Waals surface area contributed by atoms with Crippen molar-refractivity contribution < 1.29 is 19.5 Å². The van der Waals surface area contributed by atoms with Crippen molar-refractivity contribution in [2.75, 3.05) is 25.1 Å².